The summed E-state index contributed by atoms with van der Waals surface area (Å²) in [5, 5.41) is 1.30. The molecule has 0 aliphatic heterocycles. The molecule has 0 saturated heterocycles. The number of unbranched alkanes of at least 4 members (excludes halogenated alkanes) is 2. The number of para-hydroxylation sites is 1. The second-order valence-corrected chi connectivity index (χ2v) is 5.98. The van der Waals surface area contributed by atoms with Crippen molar-refractivity contribution in [1.29, 1.82) is 0 Å². The number of aromatic nitrogens is 1. The van der Waals surface area contributed by atoms with Crippen molar-refractivity contribution in [1.82, 2.24) is 4.57 Å². The molecule has 116 valence electrons. The van der Waals surface area contributed by atoms with Crippen LogP contribution in [-0.2, 0) is 7.05 Å². The molecule has 0 N–H and O–H groups in total. The Morgan fingerprint density at radius 1 is 1.00 bits per heavy atom. The minimum absolute atomic E-state index is 0.138. The highest BCUT2D eigenvalue weighted by molar-refractivity contribution is 5.85. The summed E-state index contributed by atoms with van der Waals surface area (Å²) in [6.45, 7) is 2.21. The first-order valence-electron chi connectivity index (χ1n) is 8.38. The monoisotopic (exact) mass is 301 g/mol. The Kier molecular flexibility index (Phi) is 4.83. The van der Waals surface area contributed by atoms with Crippen LogP contribution in [-0.4, -0.2) is 4.57 Å². The van der Waals surface area contributed by atoms with Crippen molar-refractivity contribution in [2.24, 2.45) is 7.05 Å². The molecule has 3 rings (SSSR count). The van der Waals surface area contributed by atoms with E-state index >= 15 is 0 Å². The van der Waals surface area contributed by atoms with Crippen LogP contribution < -0.4 is 0 Å². The summed E-state index contributed by atoms with van der Waals surface area (Å²) in [6.07, 6.45) is 5.57. The third-order valence-electron chi connectivity index (χ3n) is 4.27. The molecule has 1 aromatic heterocycles. The van der Waals surface area contributed by atoms with Crippen molar-refractivity contribution in [3.63, 3.8) is 0 Å². The molecule has 0 aliphatic carbocycles. The zero-order chi connectivity index (χ0) is 16.1. The number of hydrogen-bond donors (Lipinski definition) is 0. The molecule has 2 aromatic carbocycles. The molecule has 3 aromatic rings. The topological polar surface area (TPSA) is 4.93 Å². The Bertz CT molecular complexity index is 831. The van der Waals surface area contributed by atoms with Gasteiger partial charge in [0, 0.05) is 30.6 Å². The third-order valence-corrected chi connectivity index (χ3v) is 4.27. The maximum atomic E-state index is 3.53. The first-order valence-corrected chi connectivity index (χ1v) is 8.38. The average molecular weight is 301 g/mol. The molecule has 0 radical (unpaired) electrons. The second kappa shape index (κ2) is 7.20. The Morgan fingerprint density at radius 2 is 1.74 bits per heavy atom. The van der Waals surface area contributed by atoms with Crippen LogP contribution in [0.5, 0.6) is 0 Å². The van der Waals surface area contributed by atoms with Gasteiger partial charge >= 0.3 is 0 Å². The Balaban J connectivity index is 2.08. The van der Waals surface area contributed by atoms with Gasteiger partial charge in [0.2, 0.25) is 0 Å². The molecule has 1 nitrogen and oxygen atoms in total. The molecule has 23 heavy (non-hydrogen) atoms. The first-order chi connectivity index (χ1) is 11.3. The van der Waals surface area contributed by atoms with Gasteiger partial charge in [-0.2, -0.15) is 0 Å². The summed E-state index contributed by atoms with van der Waals surface area (Å²) in [6, 6.07) is 19.2. The Hall–Kier alpha value is -2.46. The first kappa shape index (κ1) is 15.4. The number of rotatable bonds is 4. The predicted molar refractivity (Wildman–Crippen MR) is 98.5 cm³/mol. The maximum Gasteiger partial charge on any atom is 0.0722 e. The highest BCUT2D eigenvalue weighted by atomic mass is 14.9. The minimum Gasteiger partial charge on any atom is -0.350 e. The molecule has 0 bridgehead atoms. The lowest BCUT2D eigenvalue weighted by molar-refractivity contribution is 0.826. The van der Waals surface area contributed by atoms with Crippen molar-refractivity contribution in [3.8, 4) is 11.8 Å². The molecule has 0 amide bonds. The lowest BCUT2D eigenvalue weighted by Gasteiger charge is -2.10. The number of aryl methyl sites for hydroxylation is 1. The zero-order valence-corrected chi connectivity index (χ0v) is 13.9. The number of nitrogens with zero attached hydrogens (tertiary/aromatic N) is 1. The van der Waals surface area contributed by atoms with Crippen LogP contribution in [0.15, 0.2) is 60.8 Å². The predicted octanol–water partition coefficient (Wildman–Crippen LogP) is 5.50. The summed E-state index contributed by atoms with van der Waals surface area (Å²) < 4.78 is 2.20. The van der Waals surface area contributed by atoms with E-state index in [1.54, 1.807) is 0 Å². The maximum absolute atomic E-state index is 3.53. The van der Waals surface area contributed by atoms with Gasteiger partial charge in [-0.3, -0.25) is 0 Å². The molecule has 0 saturated carbocycles. The van der Waals surface area contributed by atoms with Crippen molar-refractivity contribution in [3.05, 3.63) is 71.9 Å². The van der Waals surface area contributed by atoms with E-state index in [1.165, 1.54) is 34.9 Å². The molecule has 0 fully saturated rings. The second-order valence-electron chi connectivity index (χ2n) is 5.98. The highest BCUT2D eigenvalue weighted by Gasteiger charge is 2.16. The van der Waals surface area contributed by atoms with Gasteiger partial charge in [0.05, 0.1) is 5.92 Å². The van der Waals surface area contributed by atoms with Crippen molar-refractivity contribution >= 4 is 10.9 Å². The standard InChI is InChI=1S/C22H23N/c1-3-4-5-9-14-19(18-12-7-6-8-13-18)21-17-23(2)22-16-11-10-15-20(21)22/h6-8,10-13,15-17,19H,3-5H2,1-2H3. The lowest BCUT2D eigenvalue weighted by atomic mass is 9.91. The largest absolute Gasteiger partial charge is 0.350 e. The smallest absolute Gasteiger partial charge is 0.0722 e. The van der Waals surface area contributed by atoms with Crippen LogP contribution in [0, 0.1) is 11.8 Å². The van der Waals surface area contributed by atoms with E-state index < -0.39 is 0 Å². The fourth-order valence-corrected chi connectivity index (χ4v) is 3.03. The van der Waals surface area contributed by atoms with Gasteiger partial charge in [0.1, 0.15) is 0 Å². The van der Waals surface area contributed by atoms with Crippen molar-refractivity contribution < 1.29 is 0 Å². The van der Waals surface area contributed by atoms with Gasteiger partial charge in [-0.1, -0.05) is 67.8 Å². The van der Waals surface area contributed by atoms with Gasteiger partial charge < -0.3 is 4.57 Å². The number of hydrogen-bond acceptors (Lipinski definition) is 0. The van der Waals surface area contributed by atoms with Gasteiger partial charge in [0.15, 0.2) is 0 Å². The van der Waals surface area contributed by atoms with Gasteiger partial charge in [-0.15, -0.1) is 5.92 Å². The summed E-state index contributed by atoms with van der Waals surface area (Å²) in [4.78, 5) is 0. The fraction of sp³-hybridized carbons (Fsp3) is 0.273. The van der Waals surface area contributed by atoms with Crippen LogP contribution in [0.3, 0.4) is 0 Å². The van der Waals surface area contributed by atoms with E-state index in [0.717, 1.165) is 6.42 Å². The highest BCUT2D eigenvalue weighted by Crippen LogP contribution is 2.31. The average Bonchev–Trinajstić information content (AvgIpc) is 2.93. The Morgan fingerprint density at radius 3 is 2.52 bits per heavy atom. The quantitative estimate of drug-likeness (QED) is 0.443. The normalized spacial score (nSPS) is 11.9. The number of fused-ring (bicyclic) bond motifs is 1. The SMILES string of the molecule is CCCCC#CC(c1ccccc1)c1cn(C)c2ccccc12. The molecule has 1 atom stereocenters. The van der Waals surface area contributed by atoms with Gasteiger partial charge in [-0.05, 0) is 23.6 Å². The lowest BCUT2D eigenvalue weighted by Crippen LogP contribution is -1.97. The molecule has 0 spiro atoms. The molecule has 1 heterocycles. The molecule has 1 heteroatoms. The van der Waals surface area contributed by atoms with E-state index in [1.807, 2.05) is 0 Å². The van der Waals surface area contributed by atoms with E-state index in [2.05, 4.69) is 91.2 Å². The van der Waals surface area contributed by atoms with E-state index in [-0.39, 0.29) is 5.92 Å². The van der Waals surface area contributed by atoms with Crippen LogP contribution >= 0.6 is 0 Å². The van der Waals surface area contributed by atoms with Gasteiger partial charge in [0.25, 0.3) is 0 Å². The van der Waals surface area contributed by atoms with Crippen LogP contribution in [0.1, 0.15) is 43.2 Å². The molecular weight excluding hydrogens is 278 g/mol. The zero-order valence-electron chi connectivity index (χ0n) is 13.9. The van der Waals surface area contributed by atoms with Crippen LogP contribution in [0.2, 0.25) is 0 Å². The summed E-state index contributed by atoms with van der Waals surface area (Å²) >= 11 is 0. The van der Waals surface area contributed by atoms with E-state index in [4.69, 9.17) is 0 Å². The van der Waals surface area contributed by atoms with Crippen molar-refractivity contribution in [2.45, 2.75) is 32.1 Å². The number of benzene rings is 2. The molecule has 0 aliphatic rings. The summed E-state index contributed by atoms with van der Waals surface area (Å²) in [5.74, 6) is 7.07. The van der Waals surface area contributed by atoms with Gasteiger partial charge in [-0.25, -0.2) is 0 Å². The fourth-order valence-electron chi connectivity index (χ4n) is 3.03. The summed E-state index contributed by atoms with van der Waals surface area (Å²) in [7, 11) is 2.11. The van der Waals surface area contributed by atoms with E-state index in [0.29, 0.717) is 0 Å². The van der Waals surface area contributed by atoms with Crippen LogP contribution in [0.25, 0.3) is 10.9 Å². The molecular formula is C22H23N. The van der Waals surface area contributed by atoms with Crippen LogP contribution in [0.4, 0.5) is 0 Å². The minimum atomic E-state index is 0.138. The Labute approximate surface area is 139 Å². The van der Waals surface area contributed by atoms with Crippen molar-refractivity contribution in [2.75, 3.05) is 0 Å². The van der Waals surface area contributed by atoms with E-state index in [9.17, 15) is 0 Å². The molecule has 1 unspecified atom stereocenters. The summed E-state index contributed by atoms with van der Waals surface area (Å²) in [5.41, 5.74) is 3.84. The third kappa shape index (κ3) is 3.32.